The van der Waals surface area contributed by atoms with Gasteiger partial charge in [0.25, 0.3) is 0 Å². The van der Waals surface area contributed by atoms with Crippen molar-refractivity contribution in [1.82, 2.24) is 0 Å². The molecule has 0 spiro atoms. The van der Waals surface area contributed by atoms with E-state index < -0.39 is 6.10 Å². The summed E-state index contributed by atoms with van der Waals surface area (Å²) in [6.45, 7) is 6.70. The fourth-order valence-electron chi connectivity index (χ4n) is 11.5. The first-order chi connectivity index (χ1) is 41.0. The molecule has 6 heteroatoms. The van der Waals surface area contributed by atoms with Crippen LogP contribution < -0.4 is 0 Å². The van der Waals surface area contributed by atoms with Gasteiger partial charge in [-0.1, -0.05) is 359 Å². The van der Waals surface area contributed by atoms with Crippen LogP contribution in [0.1, 0.15) is 419 Å². The third kappa shape index (κ3) is 70.3. The van der Waals surface area contributed by atoms with Crippen LogP contribution in [0.5, 0.6) is 0 Å². The van der Waals surface area contributed by atoms with E-state index in [-0.39, 0.29) is 31.1 Å². The Morgan fingerprint density at radius 2 is 0.434 bits per heavy atom. The third-order valence-corrected chi connectivity index (χ3v) is 17.1. The molecule has 0 radical (unpaired) electrons. The maximum absolute atomic E-state index is 13.0. The van der Waals surface area contributed by atoms with Crippen LogP contribution in [0, 0.1) is 0 Å². The molecule has 0 fully saturated rings. The molecule has 488 valence electrons. The second-order valence-corrected chi connectivity index (χ2v) is 25.6. The highest BCUT2D eigenvalue weighted by Gasteiger charge is 2.20. The molecule has 0 bridgehead atoms. The lowest BCUT2D eigenvalue weighted by Gasteiger charge is -2.18. The highest BCUT2D eigenvalue weighted by Crippen LogP contribution is 2.19. The van der Waals surface area contributed by atoms with E-state index in [0.717, 1.165) is 70.6 Å². The smallest absolute Gasteiger partial charge is 0.306 e. The molecule has 0 aliphatic carbocycles. The average molecular weight is 1170 g/mol. The van der Waals surface area contributed by atoms with Crippen LogP contribution in [0.15, 0.2) is 36.5 Å². The highest BCUT2D eigenvalue weighted by atomic mass is 16.6. The fraction of sp³-hybridized carbons (Fsp3) is 0.883. The third-order valence-electron chi connectivity index (χ3n) is 17.1. The predicted molar refractivity (Wildman–Crippen MR) is 362 cm³/mol. The Hall–Kier alpha value is -2.37. The summed E-state index contributed by atoms with van der Waals surface area (Å²) in [5.74, 6) is -0.844. The van der Waals surface area contributed by atoms with E-state index in [1.807, 2.05) is 0 Å². The second kappa shape index (κ2) is 72.1. The minimum atomic E-state index is -0.774. The van der Waals surface area contributed by atoms with Crippen molar-refractivity contribution in [3.63, 3.8) is 0 Å². The highest BCUT2D eigenvalue weighted by molar-refractivity contribution is 5.71. The molecule has 0 saturated heterocycles. The van der Waals surface area contributed by atoms with Gasteiger partial charge in [0, 0.05) is 19.3 Å². The van der Waals surface area contributed by atoms with E-state index >= 15 is 0 Å². The van der Waals surface area contributed by atoms with Crippen molar-refractivity contribution in [3.8, 4) is 0 Å². The molecule has 1 unspecified atom stereocenters. The summed E-state index contributed by atoms with van der Waals surface area (Å²) in [5.41, 5.74) is 0. The van der Waals surface area contributed by atoms with Crippen molar-refractivity contribution in [2.24, 2.45) is 0 Å². The topological polar surface area (TPSA) is 78.9 Å². The van der Waals surface area contributed by atoms with Crippen molar-refractivity contribution in [3.05, 3.63) is 36.5 Å². The number of hydrogen-bond donors (Lipinski definition) is 0. The van der Waals surface area contributed by atoms with Crippen LogP contribution >= 0.6 is 0 Å². The van der Waals surface area contributed by atoms with E-state index in [4.69, 9.17) is 14.2 Å². The Labute approximate surface area is 518 Å². The van der Waals surface area contributed by atoms with Gasteiger partial charge in [0.2, 0.25) is 0 Å². The first-order valence-electron chi connectivity index (χ1n) is 37.5. The van der Waals surface area contributed by atoms with Crippen LogP contribution in [0.25, 0.3) is 0 Å². The van der Waals surface area contributed by atoms with Gasteiger partial charge in [-0.3, -0.25) is 14.4 Å². The van der Waals surface area contributed by atoms with Gasteiger partial charge in [0.15, 0.2) is 6.10 Å². The number of ether oxygens (including phenoxy) is 3. The maximum atomic E-state index is 13.0. The van der Waals surface area contributed by atoms with Gasteiger partial charge in [0.1, 0.15) is 13.2 Å². The number of esters is 3. The Morgan fingerprint density at radius 3 is 0.687 bits per heavy atom. The summed E-state index contributed by atoms with van der Waals surface area (Å²) < 4.78 is 17.0. The summed E-state index contributed by atoms with van der Waals surface area (Å²) in [6, 6.07) is 0. The second-order valence-electron chi connectivity index (χ2n) is 25.6. The molecule has 83 heavy (non-hydrogen) atoms. The molecule has 1 atom stereocenters. The largest absolute Gasteiger partial charge is 0.462 e. The van der Waals surface area contributed by atoms with Gasteiger partial charge in [-0.25, -0.2) is 0 Å². The normalized spacial score (nSPS) is 12.2. The molecule has 0 aliphatic heterocycles. The maximum Gasteiger partial charge on any atom is 0.306 e. The molecule has 0 amide bonds. The lowest BCUT2D eigenvalue weighted by Crippen LogP contribution is -2.30. The Kier molecular flexibility index (Phi) is 70.0. The first kappa shape index (κ1) is 80.6. The van der Waals surface area contributed by atoms with Crippen molar-refractivity contribution in [2.45, 2.75) is 425 Å². The molecule has 0 saturated carbocycles. The van der Waals surface area contributed by atoms with Crippen molar-refractivity contribution >= 4 is 17.9 Å². The number of carbonyl (C=O) groups is 3. The van der Waals surface area contributed by atoms with E-state index in [2.05, 4.69) is 57.2 Å². The zero-order valence-corrected chi connectivity index (χ0v) is 56.2. The molecule has 0 aromatic rings. The number of allylic oxidation sites excluding steroid dienone is 6. The van der Waals surface area contributed by atoms with Crippen LogP contribution in [-0.2, 0) is 28.6 Å². The van der Waals surface area contributed by atoms with E-state index in [0.29, 0.717) is 19.3 Å². The van der Waals surface area contributed by atoms with Gasteiger partial charge in [-0.2, -0.15) is 0 Å². The zero-order chi connectivity index (χ0) is 59.9. The zero-order valence-electron chi connectivity index (χ0n) is 56.2. The molecule has 0 rings (SSSR count). The molecule has 0 aromatic carbocycles. The monoisotopic (exact) mass is 1170 g/mol. The van der Waals surface area contributed by atoms with Crippen LogP contribution in [-0.4, -0.2) is 37.2 Å². The van der Waals surface area contributed by atoms with Gasteiger partial charge >= 0.3 is 17.9 Å². The fourth-order valence-corrected chi connectivity index (χ4v) is 11.5. The lowest BCUT2D eigenvalue weighted by molar-refractivity contribution is -0.167. The first-order valence-corrected chi connectivity index (χ1v) is 37.5. The summed E-state index contributed by atoms with van der Waals surface area (Å²) in [6.07, 6.45) is 90.5. The standard InChI is InChI=1S/C77H144O6/c1-4-7-10-13-16-19-22-25-28-31-33-34-35-36-37-38-39-40-41-42-43-44-45-47-49-52-55-58-61-64-67-70-76(79)82-73-74(72-81-75(78)69-66-63-60-57-54-51-48-30-27-24-21-18-15-12-9-6-3)83-77(80)71-68-65-62-59-56-53-50-46-32-29-26-23-20-17-14-11-8-5-2/h20,23,29,31-33,74H,4-19,21-22,24-28,30,34-73H2,1-3H3/b23-20-,32-29-,33-31-. The number of unbranched alkanes of at least 4 members (excludes halogenated alkanes) is 53. The summed E-state index contributed by atoms with van der Waals surface area (Å²) >= 11 is 0. The number of rotatable bonds is 70. The summed E-state index contributed by atoms with van der Waals surface area (Å²) in [5, 5.41) is 0. The molecule has 0 aromatic heterocycles. The molecule has 6 nitrogen and oxygen atoms in total. The van der Waals surface area contributed by atoms with Gasteiger partial charge in [-0.05, 0) is 77.0 Å². The molecular formula is C77H144O6. The van der Waals surface area contributed by atoms with Gasteiger partial charge < -0.3 is 14.2 Å². The Morgan fingerprint density at radius 1 is 0.241 bits per heavy atom. The van der Waals surface area contributed by atoms with E-state index in [1.165, 1.54) is 308 Å². The van der Waals surface area contributed by atoms with Crippen molar-refractivity contribution in [2.75, 3.05) is 13.2 Å². The van der Waals surface area contributed by atoms with Crippen LogP contribution in [0.4, 0.5) is 0 Å². The lowest BCUT2D eigenvalue weighted by atomic mass is 10.0. The van der Waals surface area contributed by atoms with Crippen molar-refractivity contribution < 1.29 is 28.6 Å². The SMILES string of the molecule is CCCCCC/C=C\C/C=C\CCCCCCCCCC(=O)OC(COC(=O)CCCCCCCCCCCCCCCCCC)COC(=O)CCCCCCCCCCCCCCCCCCCCC/C=C\CCCCCCCCCC. The van der Waals surface area contributed by atoms with Crippen molar-refractivity contribution in [1.29, 1.82) is 0 Å². The minimum absolute atomic E-state index is 0.0694. The number of carbonyl (C=O) groups excluding carboxylic acids is 3. The summed E-state index contributed by atoms with van der Waals surface area (Å²) in [4.78, 5) is 38.5. The molecule has 0 heterocycles. The van der Waals surface area contributed by atoms with E-state index in [9.17, 15) is 14.4 Å². The molecule has 0 N–H and O–H groups in total. The minimum Gasteiger partial charge on any atom is -0.462 e. The van der Waals surface area contributed by atoms with Gasteiger partial charge in [-0.15, -0.1) is 0 Å². The average Bonchev–Trinajstić information content (AvgIpc) is 3.50. The Balaban J connectivity index is 4.19. The molecular weight excluding hydrogens is 1020 g/mol. The summed E-state index contributed by atoms with van der Waals surface area (Å²) in [7, 11) is 0. The van der Waals surface area contributed by atoms with Crippen LogP contribution in [0.2, 0.25) is 0 Å². The van der Waals surface area contributed by atoms with Crippen LogP contribution in [0.3, 0.4) is 0 Å². The number of hydrogen-bond acceptors (Lipinski definition) is 6. The quantitative estimate of drug-likeness (QED) is 0.0261. The predicted octanol–water partition coefficient (Wildman–Crippen LogP) is 25.9. The van der Waals surface area contributed by atoms with Gasteiger partial charge in [0.05, 0.1) is 0 Å². The Bertz CT molecular complexity index is 1380. The van der Waals surface area contributed by atoms with E-state index in [1.54, 1.807) is 0 Å². The molecule has 0 aliphatic rings.